The van der Waals surface area contributed by atoms with Gasteiger partial charge in [0.2, 0.25) is 0 Å². The summed E-state index contributed by atoms with van der Waals surface area (Å²) in [5.41, 5.74) is 2.32. The number of hydrogen-bond acceptors (Lipinski definition) is 4. The summed E-state index contributed by atoms with van der Waals surface area (Å²) < 4.78 is 7.31. The average Bonchev–Trinajstić information content (AvgIpc) is 3.33. The summed E-state index contributed by atoms with van der Waals surface area (Å²) in [5.74, 6) is 0. The molecule has 7 nitrogen and oxygen atoms in total. The number of aryl methyl sites for hydroxylation is 2. The topological polar surface area (TPSA) is 75.9 Å². The molecule has 8 heteroatoms. The second kappa shape index (κ2) is 11.8. The summed E-state index contributed by atoms with van der Waals surface area (Å²) in [5, 5.41) is 13.6. The van der Waals surface area contributed by atoms with Crippen LogP contribution in [0.3, 0.4) is 0 Å². The molecule has 1 saturated heterocycles. The van der Waals surface area contributed by atoms with Crippen molar-refractivity contribution >= 4 is 30.4 Å². The van der Waals surface area contributed by atoms with Gasteiger partial charge >= 0.3 is 6.03 Å². The van der Waals surface area contributed by atoms with Crippen LogP contribution in [-0.2, 0) is 17.3 Å². The summed E-state index contributed by atoms with van der Waals surface area (Å²) in [6.45, 7) is 8.09. The van der Waals surface area contributed by atoms with E-state index in [1.165, 1.54) is 10.4 Å². The number of non-ortho nitro benzene ring substituents is 1. The summed E-state index contributed by atoms with van der Waals surface area (Å²) in [6.07, 6.45) is 3.96. The van der Waals surface area contributed by atoms with Gasteiger partial charge in [-0.05, 0) is 58.6 Å². The van der Waals surface area contributed by atoms with E-state index in [4.69, 9.17) is 4.43 Å². The number of nitrogens with zero attached hydrogens (tertiary/aromatic N) is 3. The van der Waals surface area contributed by atoms with Crippen LogP contribution in [0, 0.1) is 10.1 Å². The van der Waals surface area contributed by atoms with Crippen molar-refractivity contribution in [1.29, 1.82) is 0 Å². The fraction of sp³-hybridized carbons (Fsp3) is 0.424. The van der Waals surface area contributed by atoms with Crippen LogP contribution in [0.2, 0.25) is 5.04 Å². The Morgan fingerprint density at radius 3 is 2.07 bits per heavy atom. The summed E-state index contributed by atoms with van der Waals surface area (Å²) in [7, 11) is -0.789. The van der Waals surface area contributed by atoms with Gasteiger partial charge in [0.15, 0.2) is 0 Å². The minimum absolute atomic E-state index is 0.0421. The Morgan fingerprint density at radius 1 is 0.927 bits per heavy atom. The molecule has 3 aromatic carbocycles. The predicted molar refractivity (Wildman–Crippen MR) is 165 cm³/mol. The molecule has 216 valence electrons. The standard InChI is InChI=1S/C33H41N3O4Si/c1-33(2,3)41(30-11-7-5-8-12-30,31-13-9-6-10-14-31)40-29-21-22-35(24-29)32(37)34(4)27-18-15-25-16-20-28(36(38)39)23-26(25)17-19-27/h5-14,16,20,23,27,29H,15,17-19,21-22,24H2,1-4H3/t27?,29-/m0/s1. The lowest BCUT2D eigenvalue weighted by atomic mass is 10.0. The molecule has 41 heavy (non-hydrogen) atoms. The van der Waals surface area contributed by atoms with E-state index < -0.39 is 8.32 Å². The van der Waals surface area contributed by atoms with E-state index in [1.54, 1.807) is 12.1 Å². The summed E-state index contributed by atoms with van der Waals surface area (Å²) in [6, 6.07) is 26.6. The van der Waals surface area contributed by atoms with Gasteiger partial charge in [0.25, 0.3) is 14.0 Å². The van der Waals surface area contributed by atoms with E-state index in [9.17, 15) is 14.9 Å². The minimum Gasteiger partial charge on any atom is -0.403 e. The van der Waals surface area contributed by atoms with Gasteiger partial charge in [-0.2, -0.15) is 0 Å². The third-order valence-electron chi connectivity index (χ3n) is 8.92. The van der Waals surface area contributed by atoms with Gasteiger partial charge in [-0.25, -0.2) is 4.79 Å². The fourth-order valence-electron chi connectivity index (χ4n) is 6.70. The van der Waals surface area contributed by atoms with Gasteiger partial charge in [-0.15, -0.1) is 0 Å². The maximum Gasteiger partial charge on any atom is 0.320 e. The number of hydrogen-bond donors (Lipinski definition) is 0. The van der Waals surface area contributed by atoms with Gasteiger partial charge in [0.1, 0.15) is 0 Å². The van der Waals surface area contributed by atoms with E-state index in [1.807, 2.05) is 22.9 Å². The highest BCUT2D eigenvalue weighted by atomic mass is 28.4. The van der Waals surface area contributed by atoms with Crippen molar-refractivity contribution in [2.75, 3.05) is 20.1 Å². The van der Waals surface area contributed by atoms with Crippen molar-refractivity contribution in [1.82, 2.24) is 9.80 Å². The molecule has 2 atom stereocenters. The Morgan fingerprint density at radius 2 is 1.51 bits per heavy atom. The number of rotatable bonds is 6. The molecule has 0 N–H and O–H groups in total. The van der Waals surface area contributed by atoms with Gasteiger partial charge in [0, 0.05) is 38.3 Å². The molecule has 0 bridgehead atoms. The van der Waals surface area contributed by atoms with E-state index in [0.29, 0.717) is 13.1 Å². The Balaban J connectivity index is 1.31. The summed E-state index contributed by atoms with van der Waals surface area (Å²) >= 11 is 0. The molecule has 5 rings (SSSR count). The number of amides is 2. The zero-order valence-electron chi connectivity index (χ0n) is 24.6. The highest BCUT2D eigenvalue weighted by molar-refractivity contribution is 6.99. The first-order valence-electron chi connectivity index (χ1n) is 14.7. The van der Waals surface area contributed by atoms with Crippen LogP contribution in [0.15, 0.2) is 78.9 Å². The van der Waals surface area contributed by atoms with Crippen LogP contribution in [0.4, 0.5) is 10.5 Å². The molecule has 1 fully saturated rings. The lowest BCUT2D eigenvalue weighted by Crippen LogP contribution is -2.67. The lowest BCUT2D eigenvalue weighted by molar-refractivity contribution is -0.384. The molecule has 2 amide bonds. The SMILES string of the molecule is CN(C(=O)N1CC[C@H](O[Si](c2ccccc2)(c2ccccc2)C(C)(C)C)C1)C1CCc2ccc([N+](=O)[O-])cc2CC1. The number of nitro groups is 1. The number of carbonyl (C=O) groups is 1. The Bertz CT molecular complexity index is 1340. The van der Waals surface area contributed by atoms with Crippen molar-refractivity contribution in [2.24, 2.45) is 0 Å². The maximum atomic E-state index is 13.7. The Labute approximate surface area is 244 Å². The average molecular weight is 572 g/mol. The van der Waals surface area contributed by atoms with Crippen LogP contribution in [0.25, 0.3) is 0 Å². The summed E-state index contributed by atoms with van der Waals surface area (Å²) in [4.78, 5) is 28.5. The molecule has 0 aromatic heterocycles. The van der Waals surface area contributed by atoms with Crippen molar-refractivity contribution in [3.63, 3.8) is 0 Å². The molecule has 1 aliphatic heterocycles. The Kier molecular flexibility index (Phi) is 8.34. The molecule has 1 heterocycles. The molecule has 0 radical (unpaired) electrons. The predicted octanol–water partition coefficient (Wildman–Crippen LogP) is 5.54. The van der Waals surface area contributed by atoms with Gasteiger partial charge in [-0.3, -0.25) is 10.1 Å². The van der Waals surface area contributed by atoms with Gasteiger partial charge < -0.3 is 14.2 Å². The monoisotopic (exact) mass is 571 g/mol. The molecule has 1 aliphatic carbocycles. The maximum absolute atomic E-state index is 13.7. The number of urea groups is 1. The molecule has 0 saturated carbocycles. The third kappa shape index (κ3) is 5.81. The first-order chi connectivity index (χ1) is 19.6. The second-order valence-corrected chi connectivity index (χ2v) is 16.7. The van der Waals surface area contributed by atoms with E-state index in [-0.39, 0.29) is 33.8 Å². The highest BCUT2D eigenvalue weighted by Crippen LogP contribution is 2.38. The van der Waals surface area contributed by atoms with E-state index >= 15 is 0 Å². The van der Waals surface area contributed by atoms with Gasteiger partial charge in [-0.1, -0.05) is 87.5 Å². The smallest absolute Gasteiger partial charge is 0.320 e. The zero-order valence-corrected chi connectivity index (χ0v) is 25.6. The van der Waals surface area contributed by atoms with E-state index in [2.05, 4.69) is 81.4 Å². The fourth-order valence-corrected chi connectivity index (χ4v) is 11.4. The quantitative estimate of drug-likeness (QED) is 0.168. The minimum atomic E-state index is -2.69. The normalized spacial score (nSPS) is 19.4. The zero-order chi connectivity index (χ0) is 29.2. The van der Waals surface area contributed by atoms with Crippen LogP contribution >= 0.6 is 0 Å². The van der Waals surface area contributed by atoms with Crippen LogP contribution in [0.1, 0.15) is 51.2 Å². The molecule has 2 aliphatic rings. The number of benzene rings is 3. The molecule has 3 aromatic rings. The van der Waals surface area contributed by atoms with Crippen molar-refractivity contribution in [3.05, 3.63) is 100 Å². The van der Waals surface area contributed by atoms with E-state index in [0.717, 1.165) is 43.2 Å². The third-order valence-corrected chi connectivity index (χ3v) is 14.0. The lowest BCUT2D eigenvalue weighted by Gasteiger charge is -2.44. The molecule has 1 unspecified atom stereocenters. The van der Waals surface area contributed by atoms with Crippen molar-refractivity contribution in [2.45, 2.75) is 70.1 Å². The molecular formula is C33H41N3O4Si. The first kappa shape index (κ1) is 29.0. The number of carbonyl (C=O) groups excluding carboxylic acids is 1. The second-order valence-electron chi connectivity index (χ2n) is 12.5. The number of likely N-dealkylation sites (tertiary alicyclic amines) is 1. The van der Waals surface area contributed by atoms with Crippen LogP contribution in [0.5, 0.6) is 0 Å². The number of nitro benzene ring substituents is 1. The van der Waals surface area contributed by atoms with Gasteiger partial charge in [0.05, 0.1) is 11.0 Å². The first-order valence-corrected chi connectivity index (χ1v) is 16.6. The largest absolute Gasteiger partial charge is 0.403 e. The Hall–Kier alpha value is -3.49. The molecular weight excluding hydrogens is 530 g/mol. The van der Waals surface area contributed by atoms with Crippen LogP contribution in [-0.4, -0.2) is 61.4 Å². The number of fused-ring (bicyclic) bond motifs is 1. The molecule has 0 spiro atoms. The van der Waals surface area contributed by atoms with Crippen molar-refractivity contribution < 1.29 is 14.1 Å². The van der Waals surface area contributed by atoms with Crippen LogP contribution < -0.4 is 10.4 Å². The van der Waals surface area contributed by atoms with Crippen molar-refractivity contribution in [3.8, 4) is 0 Å². The highest BCUT2D eigenvalue weighted by Gasteiger charge is 2.52.